The molecule has 0 radical (unpaired) electrons. The number of amides is 2. The molecule has 1 N–H and O–H groups in total. The summed E-state index contributed by atoms with van der Waals surface area (Å²) in [4.78, 5) is 34.1. The standard InChI is InChI=1S/C38H48ClFN4O5/c1-38(2,3)25-44-31-15-14-27(39)22-29(31)35(49-33(37(44)46)23-34(45)41-24-26-10-6-7-12-30(26)40)28-11-8-13-32(36(28)47-5)48-21-9-16-43-19-17-42(4)18-20-43/h6-8,10-15,22,33,35H,9,16-21,23-25H2,1-5H3,(H,41,45)/t33-,35-/m0/s1. The molecule has 264 valence electrons. The summed E-state index contributed by atoms with van der Waals surface area (Å²) in [5, 5.41) is 3.24. The number of hydrogen-bond acceptors (Lipinski definition) is 7. The van der Waals surface area contributed by atoms with Gasteiger partial charge in [0.05, 0.1) is 20.1 Å². The highest BCUT2D eigenvalue weighted by atomic mass is 35.5. The van der Waals surface area contributed by atoms with Crippen molar-refractivity contribution in [3.63, 3.8) is 0 Å². The number of piperazine rings is 1. The minimum atomic E-state index is -1.16. The summed E-state index contributed by atoms with van der Waals surface area (Å²) in [5.74, 6) is -0.159. The molecule has 2 aliphatic rings. The summed E-state index contributed by atoms with van der Waals surface area (Å²) in [6.45, 7) is 12.2. The fourth-order valence-electron chi connectivity index (χ4n) is 6.27. The van der Waals surface area contributed by atoms with Crippen molar-refractivity contribution in [1.29, 1.82) is 0 Å². The van der Waals surface area contributed by atoms with Gasteiger partial charge < -0.3 is 34.2 Å². The number of rotatable bonds is 12. The maximum atomic E-state index is 14.3. The Labute approximate surface area is 294 Å². The van der Waals surface area contributed by atoms with Gasteiger partial charge in [-0.25, -0.2) is 4.39 Å². The Morgan fingerprint density at radius 2 is 1.80 bits per heavy atom. The highest BCUT2D eigenvalue weighted by Crippen LogP contribution is 2.45. The average Bonchev–Trinajstić information content (AvgIpc) is 3.16. The van der Waals surface area contributed by atoms with Crippen LogP contribution in [0.4, 0.5) is 10.1 Å². The smallest absolute Gasteiger partial charge is 0.256 e. The van der Waals surface area contributed by atoms with Crippen molar-refractivity contribution < 1.29 is 28.2 Å². The minimum Gasteiger partial charge on any atom is -0.492 e. The number of benzene rings is 3. The first-order valence-corrected chi connectivity index (χ1v) is 17.3. The first kappa shape index (κ1) is 36.6. The Hall–Kier alpha value is -3.70. The van der Waals surface area contributed by atoms with E-state index < -0.39 is 23.9 Å². The van der Waals surface area contributed by atoms with Gasteiger partial charge in [0.15, 0.2) is 11.5 Å². The van der Waals surface area contributed by atoms with E-state index in [9.17, 15) is 14.0 Å². The van der Waals surface area contributed by atoms with Crippen molar-refractivity contribution in [3.8, 4) is 11.5 Å². The molecule has 9 nitrogen and oxygen atoms in total. The molecule has 2 heterocycles. The Bertz CT molecular complexity index is 1610. The molecule has 5 rings (SSSR count). The maximum Gasteiger partial charge on any atom is 0.256 e. The summed E-state index contributed by atoms with van der Waals surface area (Å²) in [5.41, 5.74) is 2.03. The van der Waals surface area contributed by atoms with E-state index in [1.54, 1.807) is 42.3 Å². The third kappa shape index (κ3) is 9.51. The molecular weight excluding hydrogens is 647 g/mol. The number of methoxy groups -OCH3 is 1. The molecule has 0 bridgehead atoms. The van der Waals surface area contributed by atoms with E-state index in [2.05, 4.69) is 22.2 Å². The quantitative estimate of drug-likeness (QED) is 0.230. The topological polar surface area (TPSA) is 83.6 Å². The summed E-state index contributed by atoms with van der Waals surface area (Å²) >= 11 is 6.58. The molecule has 49 heavy (non-hydrogen) atoms. The summed E-state index contributed by atoms with van der Waals surface area (Å²) < 4.78 is 33.2. The van der Waals surface area contributed by atoms with Crippen molar-refractivity contribution in [3.05, 3.63) is 88.2 Å². The molecule has 2 amide bonds. The zero-order valence-electron chi connectivity index (χ0n) is 29.1. The van der Waals surface area contributed by atoms with Gasteiger partial charge in [0.1, 0.15) is 18.0 Å². The molecule has 0 spiro atoms. The van der Waals surface area contributed by atoms with E-state index in [0.717, 1.165) is 39.1 Å². The first-order chi connectivity index (χ1) is 23.4. The van der Waals surface area contributed by atoms with Crippen LogP contribution in [0.1, 0.15) is 56.4 Å². The summed E-state index contributed by atoms with van der Waals surface area (Å²) in [6, 6.07) is 17.2. The number of nitrogens with one attached hydrogen (secondary N) is 1. The molecule has 11 heteroatoms. The largest absolute Gasteiger partial charge is 0.492 e. The number of fused-ring (bicyclic) bond motifs is 1. The molecule has 0 saturated carbocycles. The highest BCUT2D eigenvalue weighted by molar-refractivity contribution is 6.30. The van der Waals surface area contributed by atoms with Gasteiger partial charge in [-0.1, -0.05) is 62.7 Å². The number of carbonyl (C=O) groups excluding carboxylic acids is 2. The summed E-state index contributed by atoms with van der Waals surface area (Å²) in [7, 11) is 3.73. The SMILES string of the molecule is COc1c(OCCCN2CCN(C)CC2)cccc1[C@@H]1O[C@@H](CC(=O)NCc2ccccc2F)C(=O)N(CC(C)(C)C)c2ccc(Cl)cc21. The zero-order valence-corrected chi connectivity index (χ0v) is 29.9. The molecule has 3 aromatic carbocycles. The highest BCUT2D eigenvalue weighted by Gasteiger charge is 2.40. The summed E-state index contributed by atoms with van der Waals surface area (Å²) in [6.07, 6.45) is -1.39. The second kappa shape index (κ2) is 16.3. The van der Waals surface area contributed by atoms with Gasteiger partial charge in [-0.05, 0) is 49.2 Å². The number of ether oxygens (including phenoxy) is 3. The lowest BCUT2D eigenvalue weighted by Crippen LogP contribution is -2.45. The van der Waals surface area contributed by atoms with Crippen LogP contribution in [0.5, 0.6) is 11.5 Å². The lowest BCUT2D eigenvalue weighted by Gasteiger charge is -2.32. The predicted octanol–water partition coefficient (Wildman–Crippen LogP) is 6.08. The second-order valence-electron chi connectivity index (χ2n) is 14.0. The fraction of sp³-hybridized carbons (Fsp3) is 0.474. The third-order valence-corrected chi connectivity index (χ3v) is 9.04. The van der Waals surface area contributed by atoms with Gasteiger partial charge in [0, 0.05) is 73.2 Å². The molecule has 1 saturated heterocycles. The molecule has 0 unspecified atom stereocenters. The van der Waals surface area contributed by atoms with Crippen molar-refractivity contribution in [2.24, 2.45) is 5.41 Å². The van der Waals surface area contributed by atoms with Crippen molar-refractivity contribution in [2.45, 2.75) is 52.4 Å². The lowest BCUT2D eigenvalue weighted by molar-refractivity contribution is -0.138. The molecular formula is C38H48ClFN4O5. The number of para-hydroxylation sites is 1. The minimum absolute atomic E-state index is 0.0145. The maximum absolute atomic E-state index is 14.3. The number of anilines is 1. The molecule has 0 aliphatic carbocycles. The number of nitrogens with zero attached hydrogens (tertiary/aromatic N) is 3. The van der Waals surface area contributed by atoms with E-state index in [1.807, 2.05) is 45.0 Å². The van der Waals surface area contributed by atoms with Crippen LogP contribution in [0.2, 0.25) is 5.02 Å². The predicted molar refractivity (Wildman–Crippen MR) is 190 cm³/mol. The van der Waals surface area contributed by atoms with E-state index >= 15 is 0 Å². The van der Waals surface area contributed by atoms with Crippen LogP contribution in [-0.4, -0.2) is 87.8 Å². The van der Waals surface area contributed by atoms with E-state index in [0.29, 0.717) is 52.1 Å². The zero-order chi connectivity index (χ0) is 35.1. The fourth-order valence-corrected chi connectivity index (χ4v) is 6.45. The molecule has 2 aliphatic heterocycles. The first-order valence-electron chi connectivity index (χ1n) is 16.9. The second-order valence-corrected chi connectivity index (χ2v) is 14.4. The Kier molecular flexibility index (Phi) is 12.2. The van der Waals surface area contributed by atoms with E-state index in [1.165, 1.54) is 6.07 Å². The monoisotopic (exact) mass is 694 g/mol. The van der Waals surface area contributed by atoms with Crippen LogP contribution >= 0.6 is 11.6 Å². The third-order valence-electron chi connectivity index (χ3n) is 8.81. The van der Waals surface area contributed by atoms with Crippen molar-refractivity contribution in [2.75, 3.05) is 64.9 Å². The molecule has 2 atom stereocenters. The van der Waals surface area contributed by atoms with Crippen LogP contribution in [0.25, 0.3) is 0 Å². The van der Waals surface area contributed by atoms with E-state index in [-0.39, 0.29) is 24.3 Å². The number of carbonyl (C=O) groups is 2. The molecule has 3 aromatic rings. The van der Waals surface area contributed by atoms with Crippen molar-refractivity contribution in [1.82, 2.24) is 15.1 Å². The van der Waals surface area contributed by atoms with Crippen molar-refractivity contribution >= 4 is 29.1 Å². The van der Waals surface area contributed by atoms with Gasteiger partial charge in [0.25, 0.3) is 5.91 Å². The Morgan fingerprint density at radius 3 is 2.51 bits per heavy atom. The van der Waals surface area contributed by atoms with Gasteiger partial charge in [0.2, 0.25) is 5.91 Å². The number of likely N-dealkylation sites (N-methyl/N-ethyl adjacent to an activating group) is 1. The number of hydrogen-bond donors (Lipinski definition) is 1. The van der Waals surface area contributed by atoms with Crippen LogP contribution in [0, 0.1) is 11.2 Å². The number of halogens is 2. The van der Waals surface area contributed by atoms with Crippen LogP contribution < -0.4 is 19.7 Å². The van der Waals surface area contributed by atoms with Gasteiger partial charge in [-0.2, -0.15) is 0 Å². The molecule has 0 aromatic heterocycles. The van der Waals surface area contributed by atoms with Crippen LogP contribution in [0.15, 0.2) is 60.7 Å². The molecule has 1 fully saturated rings. The lowest BCUT2D eigenvalue weighted by atomic mass is 9.94. The Balaban J connectivity index is 1.43. The normalized spacial score (nSPS) is 18.9. The average molecular weight is 695 g/mol. The van der Waals surface area contributed by atoms with Crippen LogP contribution in [-0.2, 0) is 20.9 Å². The van der Waals surface area contributed by atoms with Crippen LogP contribution in [0.3, 0.4) is 0 Å². The Morgan fingerprint density at radius 1 is 1.04 bits per heavy atom. The van der Waals surface area contributed by atoms with Gasteiger partial charge in [-0.3, -0.25) is 9.59 Å². The van der Waals surface area contributed by atoms with Gasteiger partial charge >= 0.3 is 0 Å². The van der Waals surface area contributed by atoms with Gasteiger partial charge in [-0.15, -0.1) is 0 Å². The van der Waals surface area contributed by atoms with E-state index in [4.69, 9.17) is 25.8 Å².